The van der Waals surface area contributed by atoms with Crippen molar-refractivity contribution in [2.75, 3.05) is 45.8 Å². The Bertz CT molecular complexity index is 420. The van der Waals surface area contributed by atoms with E-state index in [9.17, 15) is 4.79 Å². The van der Waals surface area contributed by atoms with Crippen molar-refractivity contribution in [2.45, 2.75) is 64.8 Å². The second-order valence-corrected chi connectivity index (χ2v) is 7.20. The number of nitrogens with zero attached hydrogens (tertiary/aromatic N) is 3. The molecular formula is C19H37N5O. The molecule has 0 spiro atoms. The number of aliphatic imine (C=N–C) groups is 1. The Labute approximate surface area is 153 Å². The Balaban J connectivity index is 1.82. The highest BCUT2D eigenvalue weighted by Crippen LogP contribution is 2.17. The lowest BCUT2D eigenvalue weighted by Gasteiger charge is -2.36. The van der Waals surface area contributed by atoms with Crippen LogP contribution in [0.1, 0.15) is 58.8 Å². The molecular weight excluding hydrogens is 314 g/mol. The first kappa shape index (κ1) is 20.0. The van der Waals surface area contributed by atoms with Gasteiger partial charge in [-0.1, -0.05) is 19.8 Å². The van der Waals surface area contributed by atoms with Crippen LogP contribution in [0.2, 0.25) is 0 Å². The number of guanidine groups is 1. The maximum atomic E-state index is 12.2. The van der Waals surface area contributed by atoms with Gasteiger partial charge in [0.05, 0.1) is 0 Å². The molecule has 6 nitrogen and oxygen atoms in total. The topological polar surface area (TPSA) is 60.0 Å². The Hall–Kier alpha value is -1.30. The molecule has 6 heteroatoms. The van der Waals surface area contributed by atoms with Gasteiger partial charge in [-0.25, -0.2) is 4.99 Å². The van der Waals surface area contributed by atoms with Crippen LogP contribution < -0.4 is 10.6 Å². The molecule has 2 fully saturated rings. The molecule has 0 saturated carbocycles. The summed E-state index contributed by atoms with van der Waals surface area (Å²) in [4.78, 5) is 21.3. The normalized spacial score (nSPS) is 22.2. The van der Waals surface area contributed by atoms with Crippen molar-refractivity contribution in [2.24, 2.45) is 4.99 Å². The van der Waals surface area contributed by atoms with Gasteiger partial charge < -0.3 is 15.5 Å². The second-order valence-electron chi connectivity index (χ2n) is 7.20. The standard InChI is InChI=1S/C19H37N5O/c1-3-5-11-23-12-7-6-10-17(23)15-21-19(20-4-2)22-16-18(25)24-13-8-9-14-24/h17H,3-16H2,1-2H3,(H2,20,21,22). The third-order valence-corrected chi connectivity index (χ3v) is 5.23. The van der Waals surface area contributed by atoms with E-state index < -0.39 is 0 Å². The molecule has 2 saturated heterocycles. The maximum absolute atomic E-state index is 12.2. The average Bonchev–Trinajstić information content (AvgIpc) is 3.17. The number of piperidine rings is 1. The molecule has 0 radical (unpaired) electrons. The summed E-state index contributed by atoms with van der Waals surface area (Å²) in [7, 11) is 0. The quantitative estimate of drug-likeness (QED) is 0.517. The monoisotopic (exact) mass is 351 g/mol. The van der Waals surface area contributed by atoms with E-state index in [1.807, 2.05) is 4.90 Å². The number of amides is 1. The van der Waals surface area contributed by atoms with Crippen LogP contribution in [0.25, 0.3) is 0 Å². The summed E-state index contributed by atoms with van der Waals surface area (Å²) >= 11 is 0. The van der Waals surface area contributed by atoms with E-state index >= 15 is 0 Å². The highest BCUT2D eigenvalue weighted by atomic mass is 16.2. The number of rotatable bonds is 8. The highest BCUT2D eigenvalue weighted by molar-refractivity contribution is 5.85. The summed E-state index contributed by atoms with van der Waals surface area (Å²) < 4.78 is 0. The van der Waals surface area contributed by atoms with Gasteiger partial charge >= 0.3 is 0 Å². The SMILES string of the molecule is CCCCN1CCCCC1CNC(=NCC(=O)N1CCCC1)NCC. The number of likely N-dealkylation sites (tertiary alicyclic amines) is 2. The van der Waals surface area contributed by atoms with Gasteiger partial charge in [-0.2, -0.15) is 0 Å². The van der Waals surface area contributed by atoms with Gasteiger partial charge in [-0.3, -0.25) is 9.69 Å². The van der Waals surface area contributed by atoms with Crippen molar-refractivity contribution in [1.82, 2.24) is 20.4 Å². The van der Waals surface area contributed by atoms with Crippen LogP contribution in [-0.2, 0) is 4.79 Å². The minimum absolute atomic E-state index is 0.150. The van der Waals surface area contributed by atoms with E-state index in [0.717, 1.165) is 45.0 Å². The van der Waals surface area contributed by atoms with E-state index in [4.69, 9.17) is 0 Å². The van der Waals surface area contributed by atoms with Crippen LogP contribution >= 0.6 is 0 Å². The summed E-state index contributed by atoms with van der Waals surface area (Å²) in [6.45, 7) is 10.5. The largest absolute Gasteiger partial charge is 0.357 e. The summed E-state index contributed by atoms with van der Waals surface area (Å²) in [5.41, 5.74) is 0. The fourth-order valence-electron chi connectivity index (χ4n) is 3.72. The summed E-state index contributed by atoms with van der Waals surface area (Å²) in [6, 6.07) is 0.582. The van der Waals surface area contributed by atoms with Gasteiger partial charge in [0.1, 0.15) is 6.54 Å². The van der Waals surface area contributed by atoms with Crippen LogP contribution in [0.3, 0.4) is 0 Å². The molecule has 0 bridgehead atoms. The predicted molar refractivity (Wildman–Crippen MR) is 104 cm³/mol. The zero-order valence-electron chi connectivity index (χ0n) is 16.2. The van der Waals surface area contributed by atoms with E-state index in [1.165, 1.54) is 45.2 Å². The third-order valence-electron chi connectivity index (χ3n) is 5.23. The second kappa shape index (κ2) is 11.3. The van der Waals surface area contributed by atoms with Crippen LogP contribution in [-0.4, -0.2) is 73.5 Å². The molecule has 25 heavy (non-hydrogen) atoms. The van der Waals surface area contributed by atoms with Gasteiger partial charge in [-0.15, -0.1) is 0 Å². The number of nitrogens with one attached hydrogen (secondary N) is 2. The number of hydrogen-bond donors (Lipinski definition) is 2. The van der Waals surface area contributed by atoms with E-state index in [2.05, 4.69) is 34.4 Å². The molecule has 2 heterocycles. The van der Waals surface area contributed by atoms with Crippen molar-refractivity contribution < 1.29 is 4.79 Å². The number of unbranched alkanes of at least 4 members (excludes halogenated alkanes) is 1. The first-order valence-electron chi connectivity index (χ1n) is 10.3. The first-order chi connectivity index (χ1) is 12.2. The van der Waals surface area contributed by atoms with Crippen molar-refractivity contribution in [3.05, 3.63) is 0 Å². The molecule has 2 N–H and O–H groups in total. The van der Waals surface area contributed by atoms with Crippen LogP contribution in [0, 0.1) is 0 Å². The highest BCUT2D eigenvalue weighted by Gasteiger charge is 2.22. The Morgan fingerprint density at radius 1 is 1.08 bits per heavy atom. The lowest BCUT2D eigenvalue weighted by molar-refractivity contribution is -0.128. The summed E-state index contributed by atoms with van der Waals surface area (Å²) in [6.07, 6.45) is 8.66. The molecule has 1 unspecified atom stereocenters. The lowest BCUT2D eigenvalue weighted by Crippen LogP contribution is -2.49. The summed E-state index contributed by atoms with van der Waals surface area (Å²) in [5.74, 6) is 0.924. The lowest BCUT2D eigenvalue weighted by atomic mass is 10.0. The van der Waals surface area contributed by atoms with E-state index in [1.54, 1.807) is 0 Å². The molecule has 1 atom stereocenters. The van der Waals surface area contributed by atoms with Crippen molar-refractivity contribution >= 4 is 11.9 Å². The zero-order valence-corrected chi connectivity index (χ0v) is 16.2. The fourth-order valence-corrected chi connectivity index (χ4v) is 3.72. The zero-order chi connectivity index (χ0) is 17.9. The minimum Gasteiger partial charge on any atom is -0.357 e. The minimum atomic E-state index is 0.150. The smallest absolute Gasteiger partial charge is 0.244 e. The van der Waals surface area contributed by atoms with Crippen molar-refractivity contribution in [3.63, 3.8) is 0 Å². The van der Waals surface area contributed by atoms with E-state index in [-0.39, 0.29) is 12.5 Å². The molecule has 2 rings (SSSR count). The van der Waals surface area contributed by atoms with Gasteiger partial charge in [0.15, 0.2) is 5.96 Å². The fraction of sp³-hybridized carbons (Fsp3) is 0.895. The van der Waals surface area contributed by atoms with E-state index in [0.29, 0.717) is 6.04 Å². The van der Waals surface area contributed by atoms with Crippen LogP contribution in [0.4, 0.5) is 0 Å². The molecule has 2 aliphatic heterocycles. The number of carbonyl (C=O) groups excluding carboxylic acids is 1. The summed E-state index contributed by atoms with van der Waals surface area (Å²) in [5, 5.41) is 6.74. The number of hydrogen-bond acceptors (Lipinski definition) is 3. The Kier molecular flexibility index (Phi) is 9.08. The Morgan fingerprint density at radius 3 is 2.56 bits per heavy atom. The van der Waals surface area contributed by atoms with Crippen molar-refractivity contribution in [1.29, 1.82) is 0 Å². The molecule has 2 aliphatic rings. The van der Waals surface area contributed by atoms with Crippen LogP contribution in [0.15, 0.2) is 4.99 Å². The maximum Gasteiger partial charge on any atom is 0.244 e. The molecule has 144 valence electrons. The van der Waals surface area contributed by atoms with Gasteiger partial charge in [-0.05, 0) is 52.1 Å². The first-order valence-corrected chi connectivity index (χ1v) is 10.3. The Morgan fingerprint density at radius 2 is 1.84 bits per heavy atom. The molecule has 0 aromatic heterocycles. The molecule has 0 aromatic carbocycles. The molecule has 0 aliphatic carbocycles. The molecule has 0 aromatic rings. The third kappa shape index (κ3) is 6.84. The van der Waals surface area contributed by atoms with Gasteiger partial charge in [0.2, 0.25) is 5.91 Å². The van der Waals surface area contributed by atoms with Gasteiger partial charge in [0, 0.05) is 32.2 Å². The average molecular weight is 352 g/mol. The van der Waals surface area contributed by atoms with Crippen molar-refractivity contribution in [3.8, 4) is 0 Å². The van der Waals surface area contributed by atoms with Crippen LogP contribution in [0.5, 0.6) is 0 Å². The molecule has 1 amide bonds. The van der Waals surface area contributed by atoms with Gasteiger partial charge in [0.25, 0.3) is 0 Å². The number of carbonyl (C=O) groups is 1. The predicted octanol–water partition coefficient (Wildman–Crippen LogP) is 1.82.